The van der Waals surface area contributed by atoms with Gasteiger partial charge in [-0.15, -0.1) is 0 Å². The minimum absolute atomic E-state index is 0.0000463. The molecule has 0 saturated carbocycles. The predicted molar refractivity (Wildman–Crippen MR) is 37.4 cm³/mol. The maximum atomic E-state index is 10.8. The molecule has 0 aromatic heterocycles. The fraction of sp³-hybridized carbons (Fsp3) is 0.857. The molecule has 0 unspecified atom stereocenters. The van der Waals surface area contributed by atoms with Gasteiger partial charge in [0.15, 0.2) is 0 Å². The van der Waals surface area contributed by atoms with Crippen molar-refractivity contribution < 1.29 is 9.53 Å². The van der Waals surface area contributed by atoms with Crippen molar-refractivity contribution in [2.45, 2.75) is 13.8 Å². The molecule has 1 aliphatic heterocycles. The molecule has 1 fully saturated rings. The van der Waals surface area contributed by atoms with Gasteiger partial charge in [0, 0.05) is 13.1 Å². The van der Waals surface area contributed by atoms with Gasteiger partial charge in [0.05, 0.1) is 5.92 Å². The second kappa shape index (κ2) is 3.01. The smallest absolute Gasteiger partial charge is 0.309 e. The van der Waals surface area contributed by atoms with E-state index in [2.05, 4.69) is 4.90 Å². The van der Waals surface area contributed by atoms with Gasteiger partial charge in [-0.25, -0.2) is 0 Å². The van der Waals surface area contributed by atoms with Crippen LogP contribution in [0.5, 0.6) is 0 Å². The third kappa shape index (κ3) is 2.35. The number of carbonyl (C=O) groups excluding carboxylic acids is 1. The lowest BCUT2D eigenvalue weighted by atomic mass is 10.2. The number of ether oxygens (including phenoxy) is 1. The third-order valence-electron chi connectivity index (χ3n) is 1.40. The van der Waals surface area contributed by atoms with Crippen LogP contribution in [0.15, 0.2) is 0 Å². The van der Waals surface area contributed by atoms with Crippen LogP contribution in [0, 0.1) is 5.92 Å². The molecular formula is C7H13NO2. The van der Waals surface area contributed by atoms with E-state index >= 15 is 0 Å². The Morgan fingerprint density at radius 2 is 2.20 bits per heavy atom. The Morgan fingerprint density at radius 1 is 1.60 bits per heavy atom. The normalized spacial score (nSPS) is 17.5. The van der Waals surface area contributed by atoms with E-state index in [1.807, 2.05) is 13.8 Å². The summed E-state index contributed by atoms with van der Waals surface area (Å²) in [6, 6.07) is 0. The van der Waals surface area contributed by atoms with E-state index in [4.69, 9.17) is 4.74 Å². The molecule has 0 aromatic carbocycles. The summed E-state index contributed by atoms with van der Waals surface area (Å²) in [6.07, 6.45) is 0. The molecule has 1 aliphatic rings. The summed E-state index contributed by atoms with van der Waals surface area (Å²) >= 11 is 0. The molecule has 0 radical (unpaired) electrons. The maximum absolute atomic E-state index is 10.8. The first-order chi connectivity index (χ1) is 4.70. The van der Waals surface area contributed by atoms with Crippen molar-refractivity contribution >= 4 is 5.97 Å². The minimum Gasteiger partial charge on any atom is -0.449 e. The van der Waals surface area contributed by atoms with Gasteiger partial charge in [0.1, 0.15) is 6.73 Å². The van der Waals surface area contributed by atoms with E-state index in [9.17, 15) is 4.79 Å². The Bertz CT molecular complexity index is 130. The van der Waals surface area contributed by atoms with Crippen molar-refractivity contribution in [2.75, 3.05) is 19.8 Å². The Balaban J connectivity index is 2.05. The summed E-state index contributed by atoms with van der Waals surface area (Å²) in [6.45, 7) is 6.31. The Morgan fingerprint density at radius 3 is 2.60 bits per heavy atom. The minimum atomic E-state index is -0.105. The first-order valence-electron chi connectivity index (χ1n) is 3.59. The second-order valence-corrected chi connectivity index (χ2v) is 2.87. The molecule has 3 nitrogen and oxygen atoms in total. The number of carbonyl (C=O) groups is 1. The van der Waals surface area contributed by atoms with Crippen molar-refractivity contribution in [3.8, 4) is 0 Å². The van der Waals surface area contributed by atoms with Gasteiger partial charge in [-0.3, -0.25) is 9.69 Å². The van der Waals surface area contributed by atoms with Gasteiger partial charge in [0.2, 0.25) is 0 Å². The lowest BCUT2D eigenvalue weighted by Gasteiger charge is -2.05. The van der Waals surface area contributed by atoms with Gasteiger partial charge < -0.3 is 4.74 Å². The molecule has 58 valence electrons. The summed E-state index contributed by atoms with van der Waals surface area (Å²) in [7, 11) is 0. The van der Waals surface area contributed by atoms with Gasteiger partial charge >= 0.3 is 5.97 Å². The molecule has 0 spiro atoms. The van der Waals surface area contributed by atoms with E-state index in [1.165, 1.54) is 0 Å². The quantitative estimate of drug-likeness (QED) is 0.424. The van der Waals surface area contributed by atoms with Crippen molar-refractivity contribution in [3.05, 3.63) is 0 Å². The van der Waals surface area contributed by atoms with E-state index in [0.717, 1.165) is 13.1 Å². The van der Waals surface area contributed by atoms with Crippen molar-refractivity contribution in [2.24, 2.45) is 5.92 Å². The zero-order valence-corrected chi connectivity index (χ0v) is 6.46. The standard InChI is InChI=1S/C7H13NO2/c1-6(2)7(9)10-5-8-3-4-8/h6H,3-5H2,1-2H3. The number of nitrogens with zero attached hydrogens (tertiary/aromatic N) is 1. The first-order valence-corrected chi connectivity index (χ1v) is 3.59. The molecule has 1 heterocycles. The molecule has 10 heavy (non-hydrogen) atoms. The molecule has 0 aromatic rings. The van der Waals surface area contributed by atoms with Gasteiger partial charge in [0.25, 0.3) is 0 Å². The number of hydrogen-bond acceptors (Lipinski definition) is 3. The van der Waals surface area contributed by atoms with Crippen LogP contribution in [0.2, 0.25) is 0 Å². The molecule has 0 atom stereocenters. The number of hydrogen-bond donors (Lipinski definition) is 0. The molecule has 0 aliphatic carbocycles. The summed E-state index contributed by atoms with van der Waals surface area (Å²) in [5.41, 5.74) is 0. The van der Waals surface area contributed by atoms with E-state index < -0.39 is 0 Å². The largest absolute Gasteiger partial charge is 0.449 e. The van der Waals surface area contributed by atoms with Crippen LogP contribution < -0.4 is 0 Å². The van der Waals surface area contributed by atoms with Crippen molar-refractivity contribution in [1.29, 1.82) is 0 Å². The zero-order valence-electron chi connectivity index (χ0n) is 6.46. The molecule has 0 N–H and O–H groups in total. The maximum Gasteiger partial charge on any atom is 0.309 e. The molecular weight excluding hydrogens is 130 g/mol. The van der Waals surface area contributed by atoms with Gasteiger partial charge in [-0.2, -0.15) is 0 Å². The summed E-state index contributed by atoms with van der Waals surface area (Å²) in [4.78, 5) is 12.9. The molecule has 3 heteroatoms. The van der Waals surface area contributed by atoms with Crippen LogP contribution in [0.25, 0.3) is 0 Å². The average molecular weight is 143 g/mol. The highest BCUT2D eigenvalue weighted by Crippen LogP contribution is 2.04. The zero-order chi connectivity index (χ0) is 7.56. The topological polar surface area (TPSA) is 29.3 Å². The van der Waals surface area contributed by atoms with E-state index in [1.54, 1.807) is 0 Å². The Kier molecular flexibility index (Phi) is 2.27. The summed E-state index contributed by atoms with van der Waals surface area (Å²) < 4.78 is 4.91. The molecule has 1 saturated heterocycles. The highest BCUT2D eigenvalue weighted by molar-refractivity contribution is 5.71. The highest BCUT2D eigenvalue weighted by Gasteiger charge is 2.19. The van der Waals surface area contributed by atoms with Crippen molar-refractivity contribution in [1.82, 2.24) is 4.90 Å². The molecule has 0 bridgehead atoms. The average Bonchev–Trinajstić information content (AvgIpc) is 2.64. The van der Waals surface area contributed by atoms with Crippen LogP contribution in [-0.4, -0.2) is 30.7 Å². The summed E-state index contributed by atoms with van der Waals surface area (Å²) in [5.74, 6) is -0.105. The van der Waals surface area contributed by atoms with Crippen LogP contribution >= 0.6 is 0 Å². The number of rotatable bonds is 3. The SMILES string of the molecule is CC(C)C(=O)OCN1CC1. The van der Waals surface area contributed by atoms with Gasteiger partial charge in [-0.1, -0.05) is 13.8 Å². The van der Waals surface area contributed by atoms with Crippen LogP contribution in [0.3, 0.4) is 0 Å². The van der Waals surface area contributed by atoms with Crippen molar-refractivity contribution in [3.63, 3.8) is 0 Å². The molecule has 1 rings (SSSR count). The van der Waals surface area contributed by atoms with Gasteiger partial charge in [-0.05, 0) is 0 Å². The monoisotopic (exact) mass is 143 g/mol. The van der Waals surface area contributed by atoms with Crippen LogP contribution in [0.4, 0.5) is 0 Å². The second-order valence-electron chi connectivity index (χ2n) is 2.87. The van der Waals surface area contributed by atoms with Crippen LogP contribution in [-0.2, 0) is 9.53 Å². The predicted octanol–water partition coefficient (Wildman–Crippen LogP) is 0.459. The highest BCUT2D eigenvalue weighted by atomic mass is 16.5. The lowest BCUT2D eigenvalue weighted by molar-refractivity contribution is -0.149. The van der Waals surface area contributed by atoms with Crippen LogP contribution in [0.1, 0.15) is 13.8 Å². The third-order valence-corrected chi connectivity index (χ3v) is 1.40. The first kappa shape index (κ1) is 7.54. The lowest BCUT2D eigenvalue weighted by Crippen LogP contribution is -2.16. The molecule has 0 amide bonds. The fourth-order valence-corrected chi connectivity index (χ4v) is 0.521. The Labute approximate surface area is 61.0 Å². The van der Waals surface area contributed by atoms with E-state index in [0.29, 0.717) is 6.73 Å². The number of esters is 1. The summed E-state index contributed by atoms with van der Waals surface area (Å²) in [5, 5.41) is 0. The fourth-order valence-electron chi connectivity index (χ4n) is 0.521. The van der Waals surface area contributed by atoms with E-state index in [-0.39, 0.29) is 11.9 Å². The Hall–Kier alpha value is -0.570.